The molecule has 0 aliphatic rings. The van der Waals surface area contributed by atoms with E-state index in [2.05, 4.69) is 5.32 Å². The molecule has 2 rings (SSSR count). The molecule has 0 fully saturated rings. The predicted octanol–water partition coefficient (Wildman–Crippen LogP) is 4.11. The van der Waals surface area contributed by atoms with Crippen LogP contribution in [-0.4, -0.2) is 12.5 Å². The number of anilines is 1. The van der Waals surface area contributed by atoms with Crippen LogP contribution in [0.15, 0.2) is 48.5 Å². The van der Waals surface area contributed by atoms with Crippen molar-refractivity contribution in [2.24, 2.45) is 5.92 Å². The number of carbonyl (C=O) groups excluding carboxylic acids is 1. The summed E-state index contributed by atoms with van der Waals surface area (Å²) < 4.78 is 19.3. The van der Waals surface area contributed by atoms with E-state index in [0.717, 1.165) is 0 Å². The summed E-state index contributed by atoms with van der Waals surface area (Å²) in [7, 11) is 0. The summed E-state index contributed by atoms with van der Waals surface area (Å²) in [5, 5.41) is 2.69. The molecule has 0 saturated carbocycles. The average molecular weight is 287 g/mol. The van der Waals surface area contributed by atoms with Crippen molar-refractivity contribution < 1.29 is 13.9 Å². The van der Waals surface area contributed by atoms with Crippen LogP contribution < -0.4 is 10.1 Å². The Labute approximate surface area is 123 Å². The average Bonchev–Trinajstić information content (AvgIpc) is 2.46. The van der Waals surface area contributed by atoms with Crippen molar-refractivity contribution in [1.29, 1.82) is 0 Å². The van der Waals surface area contributed by atoms with E-state index in [1.165, 1.54) is 12.1 Å². The first-order chi connectivity index (χ1) is 10.1. The summed E-state index contributed by atoms with van der Waals surface area (Å²) in [5.74, 6) is -0.0829. The molecular formula is C17H18FNO2. The number of ether oxygens (including phenoxy) is 1. The highest BCUT2D eigenvalue weighted by Gasteiger charge is 2.13. The molecule has 0 aliphatic carbocycles. The first kappa shape index (κ1) is 15.0. The number of halogens is 1. The second-order valence-corrected chi connectivity index (χ2v) is 5.13. The molecule has 2 aromatic rings. The Balaban J connectivity index is 2.16. The van der Waals surface area contributed by atoms with Gasteiger partial charge in [0.2, 0.25) is 0 Å². The summed E-state index contributed by atoms with van der Waals surface area (Å²) in [5.41, 5.74) is 0.544. The van der Waals surface area contributed by atoms with Gasteiger partial charge in [-0.15, -0.1) is 0 Å². The Morgan fingerprint density at radius 2 is 1.81 bits per heavy atom. The molecule has 1 N–H and O–H groups in total. The van der Waals surface area contributed by atoms with Crippen LogP contribution >= 0.6 is 0 Å². The van der Waals surface area contributed by atoms with Gasteiger partial charge < -0.3 is 10.1 Å². The highest BCUT2D eigenvalue weighted by atomic mass is 19.1. The number of rotatable bonds is 5. The lowest BCUT2D eigenvalue weighted by Gasteiger charge is -2.14. The largest absolute Gasteiger partial charge is 0.491 e. The number of para-hydroxylation sites is 2. The normalized spacial score (nSPS) is 10.5. The van der Waals surface area contributed by atoms with E-state index in [9.17, 15) is 9.18 Å². The molecule has 0 radical (unpaired) electrons. The van der Waals surface area contributed by atoms with Crippen LogP contribution in [0, 0.1) is 11.7 Å². The second kappa shape index (κ2) is 6.88. The van der Waals surface area contributed by atoms with Gasteiger partial charge in [0.25, 0.3) is 5.91 Å². The van der Waals surface area contributed by atoms with Crippen LogP contribution in [-0.2, 0) is 0 Å². The van der Waals surface area contributed by atoms with E-state index in [1.54, 1.807) is 30.3 Å². The quantitative estimate of drug-likeness (QED) is 0.898. The Hall–Kier alpha value is -2.36. The standard InChI is InChI=1S/C17H18FNO2/c1-12(2)11-21-16-10-6-5-9-15(16)19-17(20)13-7-3-4-8-14(13)18/h3-10,12H,11H2,1-2H3,(H,19,20). The van der Waals surface area contributed by atoms with Crippen molar-refractivity contribution in [2.45, 2.75) is 13.8 Å². The molecule has 0 saturated heterocycles. The van der Waals surface area contributed by atoms with E-state index < -0.39 is 11.7 Å². The van der Waals surface area contributed by atoms with Crippen molar-refractivity contribution in [1.82, 2.24) is 0 Å². The van der Waals surface area contributed by atoms with Crippen molar-refractivity contribution in [2.75, 3.05) is 11.9 Å². The molecule has 4 heteroatoms. The Bertz CT molecular complexity index is 626. The first-order valence-corrected chi connectivity index (χ1v) is 6.85. The maximum absolute atomic E-state index is 13.6. The minimum Gasteiger partial charge on any atom is -0.491 e. The van der Waals surface area contributed by atoms with E-state index in [-0.39, 0.29) is 5.56 Å². The number of hydrogen-bond donors (Lipinski definition) is 1. The first-order valence-electron chi connectivity index (χ1n) is 6.85. The third kappa shape index (κ3) is 4.05. The SMILES string of the molecule is CC(C)COc1ccccc1NC(=O)c1ccccc1F. The Morgan fingerprint density at radius 3 is 2.52 bits per heavy atom. The number of amides is 1. The van der Waals surface area contributed by atoms with Crippen molar-refractivity contribution in [3.8, 4) is 5.75 Å². The molecule has 110 valence electrons. The zero-order valence-corrected chi connectivity index (χ0v) is 12.1. The van der Waals surface area contributed by atoms with Crippen LogP contribution in [0.2, 0.25) is 0 Å². The van der Waals surface area contributed by atoms with Gasteiger partial charge in [0.1, 0.15) is 11.6 Å². The molecule has 1 amide bonds. The van der Waals surface area contributed by atoms with Crippen LogP contribution in [0.4, 0.5) is 10.1 Å². The maximum atomic E-state index is 13.6. The van der Waals surface area contributed by atoms with Crippen LogP contribution in [0.5, 0.6) is 5.75 Å². The third-order valence-electron chi connectivity index (χ3n) is 2.83. The summed E-state index contributed by atoms with van der Waals surface area (Å²) in [4.78, 5) is 12.1. The third-order valence-corrected chi connectivity index (χ3v) is 2.83. The van der Waals surface area contributed by atoms with E-state index in [4.69, 9.17) is 4.74 Å². The van der Waals surface area contributed by atoms with Gasteiger partial charge in [-0.3, -0.25) is 4.79 Å². The topological polar surface area (TPSA) is 38.3 Å². The fraction of sp³-hybridized carbons (Fsp3) is 0.235. The van der Waals surface area contributed by atoms with Crippen molar-refractivity contribution in [3.63, 3.8) is 0 Å². The monoisotopic (exact) mass is 287 g/mol. The lowest BCUT2D eigenvalue weighted by Crippen LogP contribution is -2.15. The number of nitrogens with one attached hydrogen (secondary N) is 1. The van der Waals surface area contributed by atoms with Gasteiger partial charge in [0.05, 0.1) is 17.9 Å². The fourth-order valence-corrected chi connectivity index (χ4v) is 1.79. The Morgan fingerprint density at radius 1 is 1.14 bits per heavy atom. The van der Waals surface area contributed by atoms with Gasteiger partial charge in [-0.25, -0.2) is 4.39 Å². The lowest BCUT2D eigenvalue weighted by atomic mass is 10.2. The highest BCUT2D eigenvalue weighted by molar-refractivity contribution is 6.05. The molecule has 0 bridgehead atoms. The summed E-state index contributed by atoms with van der Waals surface area (Å²) >= 11 is 0. The molecule has 0 atom stereocenters. The van der Waals surface area contributed by atoms with Crippen molar-refractivity contribution >= 4 is 11.6 Å². The van der Waals surface area contributed by atoms with Gasteiger partial charge in [-0.2, -0.15) is 0 Å². The fourth-order valence-electron chi connectivity index (χ4n) is 1.79. The van der Waals surface area contributed by atoms with Crippen molar-refractivity contribution in [3.05, 3.63) is 59.9 Å². The van der Waals surface area contributed by atoms with Gasteiger partial charge >= 0.3 is 0 Å². The van der Waals surface area contributed by atoms with Gasteiger partial charge in [0.15, 0.2) is 0 Å². The molecular weight excluding hydrogens is 269 g/mol. The highest BCUT2D eigenvalue weighted by Crippen LogP contribution is 2.25. The minimum atomic E-state index is -0.546. The van der Waals surface area contributed by atoms with Gasteiger partial charge in [0, 0.05) is 0 Å². The molecule has 0 aliphatic heterocycles. The summed E-state index contributed by atoms with van der Waals surface area (Å²) in [6, 6.07) is 13.0. The van der Waals surface area contributed by atoms with Gasteiger partial charge in [-0.05, 0) is 30.2 Å². The zero-order chi connectivity index (χ0) is 15.2. The number of benzene rings is 2. The number of hydrogen-bond acceptors (Lipinski definition) is 2. The van der Waals surface area contributed by atoms with Crippen LogP contribution in [0.3, 0.4) is 0 Å². The van der Waals surface area contributed by atoms with E-state index in [1.807, 2.05) is 19.9 Å². The molecule has 21 heavy (non-hydrogen) atoms. The Kier molecular flexibility index (Phi) is 4.93. The molecule has 2 aromatic carbocycles. The molecule has 0 spiro atoms. The van der Waals surface area contributed by atoms with Crippen LogP contribution in [0.1, 0.15) is 24.2 Å². The molecule has 0 heterocycles. The molecule has 3 nitrogen and oxygen atoms in total. The maximum Gasteiger partial charge on any atom is 0.258 e. The molecule has 0 unspecified atom stereocenters. The number of carbonyl (C=O) groups is 1. The summed E-state index contributed by atoms with van der Waals surface area (Å²) in [6.07, 6.45) is 0. The van der Waals surface area contributed by atoms with Gasteiger partial charge in [-0.1, -0.05) is 38.1 Å². The zero-order valence-electron chi connectivity index (χ0n) is 12.1. The van der Waals surface area contributed by atoms with E-state index in [0.29, 0.717) is 24.0 Å². The smallest absolute Gasteiger partial charge is 0.258 e. The molecule has 0 aromatic heterocycles. The van der Waals surface area contributed by atoms with Crippen LogP contribution in [0.25, 0.3) is 0 Å². The summed E-state index contributed by atoms with van der Waals surface area (Å²) in [6.45, 7) is 4.63. The minimum absolute atomic E-state index is 0.0103. The second-order valence-electron chi connectivity index (χ2n) is 5.13. The predicted molar refractivity (Wildman–Crippen MR) is 81.1 cm³/mol. The lowest BCUT2D eigenvalue weighted by molar-refractivity contribution is 0.102. The van der Waals surface area contributed by atoms with E-state index >= 15 is 0 Å².